The molecule has 27 heavy (non-hydrogen) atoms. The standard InChI is InChI=1S/C21H22BrNO2S.ClH/c1-2-24-20-12-17(13-23-14-18-9-6-10-26-18)11-19(22)21(20)25-15-16-7-4-3-5-8-16;/h3-12,23H,2,13-15H2,1H3;1H. The maximum absolute atomic E-state index is 6.03. The number of ether oxygens (including phenoxy) is 2. The van der Waals surface area contributed by atoms with Gasteiger partial charge in [-0.15, -0.1) is 23.7 Å². The van der Waals surface area contributed by atoms with E-state index in [1.165, 1.54) is 4.88 Å². The van der Waals surface area contributed by atoms with Crippen molar-refractivity contribution in [2.45, 2.75) is 26.6 Å². The average Bonchev–Trinajstić information content (AvgIpc) is 3.16. The van der Waals surface area contributed by atoms with Gasteiger partial charge in [-0.2, -0.15) is 0 Å². The Labute approximate surface area is 179 Å². The molecule has 3 rings (SSSR count). The third-order valence-electron chi connectivity index (χ3n) is 3.80. The molecule has 6 heteroatoms. The van der Waals surface area contributed by atoms with Crippen LogP contribution in [0, 0.1) is 0 Å². The Kier molecular flexibility index (Phi) is 9.15. The van der Waals surface area contributed by atoms with E-state index >= 15 is 0 Å². The van der Waals surface area contributed by atoms with Crippen LogP contribution in [-0.4, -0.2) is 6.61 Å². The molecule has 0 spiro atoms. The van der Waals surface area contributed by atoms with E-state index in [-0.39, 0.29) is 12.4 Å². The van der Waals surface area contributed by atoms with Crippen molar-refractivity contribution >= 4 is 39.7 Å². The molecule has 0 bridgehead atoms. The van der Waals surface area contributed by atoms with Crippen LogP contribution in [-0.2, 0) is 19.7 Å². The fourth-order valence-corrected chi connectivity index (χ4v) is 3.88. The number of halogens is 2. The van der Waals surface area contributed by atoms with Gasteiger partial charge in [-0.1, -0.05) is 36.4 Å². The molecule has 1 N–H and O–H groups in total. The first-order valence-corrected chi connectivity index (χ1v) is 10.3. The van der Waals surface area contributed by atoms with Gasteiger partial charge in [-0.05, 0) is 57.6 Å². The zero-order valence-corrected chi connectivity index (χ0v) is 18.3. The predicted molar refractivity (Wildman–Crippen MR) is 118 cm³/mol. The van der Waals surface area contributed by atoms with E-state index < -0.39 is 0 Å². The summed E-state index contributed by atoms with van der Waals surface area (Å²) in [4.78, 5) is 1.33. The van der Waals surface area contributed by atoms with E-state index in [9.17, 15) is 0 Å². The van der Waals surface area contributed by atoms with Crippen LogP contribution >= 0.6 is 39.7 Å². The van der Waals surface area contributed by atoms with Gasteiger partial charge in [0.2, 0.25) is 0 Å². The summed E-state index contributed by atoms with van der Waals surface area (Å²) >= 11 is 5.40. The molecule has 144 valence electrons. The second-order valence-corrected chi connectivity index (χ2v) is 7.68. The lowest BCUT2D eigenvalue weighted by Crippen LogP contribution is -2.12. The quantitative estimate of drug-likeness (QED) is 0.405. The molecule has 0 unspecified atom stereocenters. The maximum Gasteiger partial charge on any atom is 0.175 e. The van der Waals surface area contributed by atoms with E-state index in [1.54, 1.807) is 11.3 Å². The first-order chi connectivity index (χ1) is 12.8. The minimum Gasteiger partial charge on any atom is -0.490 e. The number of benzene rings is 2. The van der Waals surface area contributed by atoms with Crippen molar-refractivity contribution in [3.05, 3.63) is 80.5 Å². The number of rotatable bonds is 9. The predicted octanol–water partition coefficient (Wildman–Crippen LogP) is 6.20. The Morgan fingerprint density at radius 2 is 1.78 bits per heavy atom. The lowest BCUT2D eigenvalue weighted by molar-refractivity contribution is 0.267. The molecule has 3 aromatic rings. The second kappa shape index (κ2) is 11.3. The summed E-state index contributed by atoms with van der Waals surface area (Å²) in [5.41, 5.74) is 2.28. The number of hydrogen-bond acceptors (Lipinski definition) is 4. The zero-order valence-electron chi connectivity index (χ0n) is 15.1. The van der Waals surface area contributed by atoms with Crippen LogP contribution in [0.1, 0.15) is 22.9 Å². The monoisotopic (exact) mass is 467 g/mol. The van der Waals surface area contributed by atoms with Crippen molar-refractivity contribution in [1.29, 1.82) is 0 Å². The van der Waals surface area contributed by atoms with E-state index in [0.29, 0.717) is 13.2 Å². The zero-order chi connectivity index (χ0) is 18.2. The normalized spacial score (nSPS) is 10.3. The van der Waals surface area contributed by atoms with Gasteiger partial charge < -0.3 is 14.8 Å². The van der Waals surface area contributed by atoms with Gasteiger partial charge in [0.15, 0.2) is 11.5 Å². The molecule has 0 aliphatic rings. The first kappa shape index (κ1) is 21.8. The second-order valence-electron chi connectivity index (χ2n) is 5.80. The minimum atomic E-state index is 0. The molecule has 0 fully saturated rings. The van der Waals surface area contributed by atoms with E-state index in [4.69, 9.17) is 9.47 Å². The smallest absolute Gasteiger partial charge is 0.175 e. The molecular weight excluding hydrogens is 446 g/mol. The van der Waals surface area contributed by atoms with Crippen LogP contribution in [0.2, 0.25) is 0 Å². The van der Waals surface area contributed by atoms with Gasteiger partial charge in [0.05, 0.1) is 11.1 Å². The molecule has 0 saturated carbocycles. The minimum absolute atomic E-state index is 0. The van der Waals surface area contributed by atoms with Crippen molar-refractivity contribution < 1.29 is 9.47 Å². The summed E-state index contributed by atoms with van der Waals surface area (Å²) in [6.45, 7) is 4.73. The van der Waals surface area contributed by atoms with Crippen LogP contribution in [0.5, 0.6) is 11.5 Å². The summed E-state index contributed by atoms with van der Waals surface area (Å²) < 4.78 is 12.8. The summed E-state index contributed by atoms with van der Waals surface area (Å²) in [5, 5.41) is 5.57. The van der Waals surface area contributed by atoms with Crippen molar-refractivity contribution in [3.8, 4) is 11.5 Å². The van der Waals surface area contributed by atoms with Gasteiger partial charge >= 0.3 is 0 Å². The highest BCUT2D eigenvalue weighted by molar-refractivity contribution is 9.10. The summed E-state index contributed by atoms with van der Waals surface area (Å²) in [5.74, 6) is 1.52. The Morgan fingerprint density at radius 3 is 2.48 bits per heavy atom. The molecule has 0 aliphatic heterocycles. The highest BCUT2D eigenvalue weighted by atomic mass is 79.9. The van der Waals surface area contributed by atoms with Crippen LogP contribution < -0.4 is 14.8 Å². The SMILES string of the molecule is CCOc1cc(CNCc2cccs2)cc(Br)c1OCc1ccccc1.Cl. The fraction of sp³-hybridized carbons (Fsp3) is 0.238. The molecular formula is C21H23BrClNO2S. The number of nitrogens with one attached hydrogen (secondary N) is 1. The Bertz CT molecular complexity index is 813. The number of thiophene rings is 1. The maximum atomic E-state index is 6.03. The molecule has 3 nitrogen and oxygen atoms in total. The van der Waals surface area contributed by atoms with E-state index in [1.807, 2.05) is 25.1 Å². The van der Waals surface area contributed by atoms with Crippen molar-refractivity contribution in [3.63, 3.8) is 0 Å². The van der Waals surface area contributed by atoms with Crippen LogP contribution in [0.15, 0.2) is 64.5 Å². The Morgan fingerprint density at radius 1 is 0.963 bits per heavy atom. The Hall–Kier alpha value is -1.53. The summed E-state index contributed by atoms with van der Waals surface area (Å²) in [7, 11) is 0. The van der Waals surface area contributed by atoms with Crippen molar-refractivity contribution in [2.24, 2.45) is 0 Å². The van der Waals surface area contributed by atoms with Crippen molar-refractivity contribution in [1.82, 2.24) is 5.32 Å². The Balaban J connectivity index is 0.00000261. The summed E-state index contributed by atoms with van der Waals surface area (Å²) in [6, 6.07) is 18.5. The largest absolute Gasteiger partial charge is 0.490 e. The first-order valence-electron chi connectivity index (χ1n) is 8.61. The lowest BCUT2D eigenvalue weighted by Gasteiger charge is -2.16. The topological polar surface area (TPSA) is 30.5 Å². The van der Waals surface area contributed by atoms with Crippen LogP contribution in [0.4, 0.5) is 0 Å². The van der Waals surface area contributed by atoms with Crippen LogP contribution in [0.25, 0.3) is 0 Å². The van der Waals surface area contributed by atoms with Crippen LogP contribution in [0.3, 0.4) is 0 Å². The molecule has 0 radical (unpaired) electrons. The highest BCUT2D eigenvalue weighted by Crippen LogP contribution is 2.37. The highest BCUT2D eigenvalue weighted by Gasteiger charge is 2.12. The molecule has 0 saturated heterocycles. The lowest BCUT2D eigenvalue weighted by atomic mass is 10.2. The summed E-state index contributed by atoms with van der Waals surface area (Å²) in [6.07, 6.45) is 0. The van der Waals surface area contributed by atoms with Crippen molar-refractivity contribution in [2.75, 3.05) is 6.61 Å². The molecule has 1 heterocycles. The van der Waals surface area contributed by atoms with Gasteiger partial charge in [0.25, 0.3) is 0 Å². The third-order valence-corrected chi connectivity index (χ3v) is 5.27. The van der Waals surface area contributed by atoms with E-state index in [2.05, 4.69) is 63.0 Å². The molecule has 2 aromatic carbocycles. The molecule has 0 atom stereocenters. The fourth-order valence-electron chi connectivity index (χ4n) is 2.60. The van der Waals surface area contributed by atoms with Gasteiger partial charge in [0.1, 0.15) is 6.61 Å². The molecule has 0 aliphatic carbocycles. The average molecular weight is 469 g/mol. The molecule has 1 aromatic heterocycles. The van der Waals surface area contributed by atoms with E-state index in [0.717, 1.165) is 40.2 Å². The molecule has 0 amide bonds. The van der Waals surface area contributed by atoms with Gasteiger partial charge in [0, 0.05) is 18.0 Å². The van der Waals surface area contributed by atoms with Gasteiger partial charge in [-0.25, -0.2) is 0 Å². The third kappa shape index (κ3) is 6.54. The number of hydrogen-bond donors (Lipinski definition) is 1. The van der Waals surface area contributed by atoms with Gasteiger partial charge in [-0.3, -0.25) is 0 Å².